The van der Waals surface area contributed by atoms with Crippen LogP contribution in [0.3, 0.4) is 0 Å². The standard InChI is InChI=1S/C11H14F3NO2/c1-8(16)3-5-10(7-15,11(12,13)14)6-4-9(2)17/h3-6H2,1-2H3. The summed E-state index contributed by atoms with van der Waals surface area (Å²) in [4.78, 5) is 21.5. The quantitative estimate of drug-likeness (QED) is 0.727. The second-order valence-electron chi connectivity index (χ2n) is 4.10. The number of hydrogen-bond acceptors (Lipinski definition) is 3. The Morgan fingerprint density at radius 1 is 1.06 bits per heavy atom. The zero-order chi connectivity index (χ0) is 13.7. The fourth-order valence-corrected chi connectivity index (χ4v) is 1.36. The van der Waals surface area contributed by atoms with E-state index in [0.29, 0.717) is 0 Å². The Bertz CT molecular complexity index is 324. The maximum absolute atomic E-state index is 12.8. The first kappa shape index (κ1) is 15.6. The SMILES string of the molecule is CC(=O)CCC(C#N)(CCC(C)=O)C(F)(F)F. The summed E-state index contributed by atoms with van der Waals surface area (Å²) in [5.41, 5.74) is -2.59. The molecule has 17 heavy (non-hydrogen) atoms. The highest BCUT2D eigenvalue weighted by atomic mass is 19.4. The van der Waals surface area contributed by atoms with Crippen molar-refractivity contribution in [2.75, 3.05) is 0 Å². The largest absolute Gasteiger partial charge is 0.407 e. The fraction of sp³-hybridized carbons (Fsp3) is 0.727. The van der Waals surface area contributed by atoms with Crippen molar-refractivity contribution in [2.45, 2.75) is 45.7 Å². The Kier molecular flexibility index (Phi) is 5.33. The van der Waals surface area contributed by atoms with Crippen LogP contribution in [0.5, 0.6) is 0 Å². The minimum absolute atomic E-state index is 0.315. The summed E-state index contributed by atoms with van der Waals surface area (Å²) >= 11 is 0. The number of hydrogen-bond donors (Lipinski definition) is 0. The minimum Gasteiger partial charge on any atom is -0.300 e. The number of carbonyl (C=O) groups excluding carboxylic acids is 2. The molecular formula is C11H14F3NO2. The molecule has 0 aromatic carbocycles. The zero-order valence-electron chi connectivity index (χ0n) is 9.73. The monoisotopic (exact) mass is 249 g/mol. The molecule has 0 aliphatic heterocycles. The molecule has 0 rings (SSSR count). The number of halogens is 3. The third-order valence-corrected chi connectivity index (χ3v) is 2.56. The van der Waals surface area contributed by atoms with Gasteiger partial charge in [0.15, 0.2) is 5.41 Å². The van der Waals surface area contributed by atoms with Gasteiger partial charge in [-0.25, -0.2) is 0 Å². The summed E-state index contributed by atoms with van der Waals surface area (Å²) in [6.45, 7) is 2.34. The van der Waals surface area contributed by atoms with E-state index in [-0.39, 0.29) is 12.8 Å². The van der Waals surface area contributed by atoms with Crippen molar-refractivity contribution in [3.05, 3.63) is 0 Å². The molecule has 96 valence electrons. The van der Waals surface area contributed by atoms with Crippen molar-refractivity contribution in [3.8, 4) is 6.07 Å². The van der Waals surface area contributed by atoms with E-state index in [1.54, 1.807) is 0 Å². The van der Waals surface area contributed by atoms with E-state index in [2.05, 4.69) is 0 Å². The van der Waals surface area contributed by atoms with Gasteiger partial charge in [-0.3, -0.25) is 0 Å². The number of carbonyl (C=O) groups is 2. The Labute approximate surface area is 97.6 Å². The average Bonchev–Trinajstić information content (AvgIpc) is 2.15. The molecule has 0 saturated heterocycles. The molecule has 0 saturated carbocycles. The molecule has 0 amide bonds. The minimum atomic E-state index is -4.73. The molecule has 0 aliphatic carbocycles. The summed E-state index contributed by atoms with van der Waals surface area (Å²) in [5, 5.41) is 8.75. The van der Waals surface area contributed by atoms with Gasteiger partial charge in [-0.2, -0.15) is 18.4 Å². The Hall–Kier alpha value is -1.38. The Balaban J connectivity index is 4.97. The van der Waals surface area contributed by atoms with E-state index < -0.39 is 36.0 Å². The summed E-state index contributed by atoms with van der Waals surface area (Å²) in [7, 11) is 0. The molecule has 3 nitrogen and oxygen atoms in total. The average molecular weight is 249 g/mol. The third-order valence-electron chi connectivity index (χ3n) is 2.56. The first-order valence-corrected chi connectivity index (χ1v) is 5.11. The summed E-state index contributed by atoms with van der Waals surface area (Å²) in [5.74, 6) is -0.812. The number of alkyl halides is 3. The zero-order valence-corrected chi connectivity index (χ0v) is 9.73. The highest BCUT2D eigenvalue weighted by Gasteiger charge is 2.54. The predicted octanol–water partition coefficient (Wildman–Crippen LogP) is 2.80. The number of nitriles is 1. The van der Waals surface area contributed by atoms with Crippen LogP contribution >= 0.6 is 0 Å². The number of nitrogens with zero attached hydrogens (tertiary/aromatic N) is 1. The highest BCUT2D eigenvalue weighted by Crippen LogP contribution is 2.45. The van der Waals surface area contributed by atoms with Crippen molar-refractivity contribution in [3.63, 3.8) is 0 Å². The second kappa shape index (κ2) is 5.80. The fourth-order valence-electron chi connectivity index (χ4n) is 1.36. The van der Waals surface area contributed by atoms with Crippen LogP contribution in [0.4, 0.5) is 13.2 Å². The second-order valence-corrected chi connectivity index (χ2v) is 4.10. The van der Waals surface area contributed by atoms with Crippen molar-refractivity contribution >= 4 is 11.6 Å². The van der Waals surface area contributed by atoms with Crippen LogP contribution in [0, 0.1) is 16.7 Å². The van der Waals surface area contributed by atoms with Gasteiger partial charge < -0.3 is 9.59 Å². The molecule has 0 aromatic heterocycles. The number of ketones is 2. The lowest BCUT2D eigenvalue weighted by atomic mass is 9.78. The first-order chi connectivity index (χ1) is 7.64. The van der Waals surface area contributed by atoms with Gasteiger partial charge in [0.25, 0.3) is 0 Å². The van der Waals surface area contributed by atoms with Gasteiger partial charge in [0.05, 0.1) is 6.07 Å². The summed E-state index contributed by atoms with van der Waals surface area (Å²) in [6, 6.07) is 1.24. The Morgan fingerprint density at radius 2 is 1.41 bits per heavy atom. The van der Waals surface area contributed by atoms with Gasteiger partial charge >= 0.3 is 6.18 Å². The Morgan fingerprint density at radius 3 is 1.59 bits per heavy atom. The van der Waals surface area contributed by atoms with Crippen LogP contribution in [0.2, 0.25) is 0 Å². The van der Waals surface area contributed by atoms with E-state index in [4.69, 9.17) is 5.26 Å². The van der Waals surface area contributed by atoms with Crippen molar-refractivity contribution in [1.82, 2.24) is 0 Å². The van der Waals surface area contributed by atoms with E-state index >= 15 is 0 Å². The molecule has 0 aromatic rings. The molecule has 0 unspecified atom stereocenters. The molecule has 0 spiro atoms. The van der Waals surface area contributed by atoms with Gasteiger partial charge in [-0.15, -0.1) is 0 Å². The molecule has 0 radical (unpaired) electrons. The maximum atomic E-state index is 12.8. The van der Waals surface area contributed by atoms with Crippen molar-refractivity contribution in [2.24, 2.45) is 5.41 Å². The molecule has 0 atom stereocenters. The van der Waals surface area contributed by atoms with Gasteiger partial charge in [-0.05, 0) is 26.7 Å². The number of rotatable bonds is 6. The van der Waals surface area contributed by atoms with Gasteiger partial charge in [0.2, 0.25) is 0 Å². The smallest absolute Gasteiger partial charge is 0.300 e. The van der Waals surface area contributed by atoms with E-state index in [9.17, 15) is 22.8 Å². The highest BCUT2D eigenvalue weighted by molar-refractivity contribution is 5.76. The van der Waals surface area contributed by atoms with Gasteiger partial charge in [-0.1, -0.05) is 0 Å². The van der Waals surface area contributed by atoms with Crippen LogP contribution in [0.15, 0.2) is 0 Å². The molecule has 0 N–H and O–H groups in total. The summed E-state index contributed by atoms with van der Waals surface area (Å²) in [6.07, 6.45) is -6.53. The van der Waals surface area contributed by atoms with E-state index in [1.807, 2.05) is 0 Å². The van der Waals surface area contributed by atoms with Crippen LogP contribution in [-0.2, 0) is 9.59 Å². The van der Waals surface area contributed by atoms with Crippen molar-refractivity contribution < 1.29 is 22.8 Å². The van der Waals surface area contributed by atoms with Crippen molar-refractivity contribution in [1.29, 1.82) is 5.26 Å². The molecule has 0 heterocycles. The maximum Gasteiger partial charge on any atom is 0.407 e. The van der Waals surface area contributed by atoms with E-state index in [0.717, 1.165) is 0 Å². The normalized spacial score (nSPS) is 12.0. The third kappa shape index (κ3) is 4.55. The lowest BCUT2D eigenvalue weighted by molar-refractivity contribution is -0.207. The molecule has 0 fully saturated rings. The molecular weight excluding hydrogens is 235 g/mol. The molecule has 0 aliphatic rings. The molecule has 6 heteroatoms. The topological polar surface area (TPSA) is 57.9 Å². The van der Waals surface area contributed by atoms with E-state index in [1.165, 1.54) is 19.9 Å². The van der Waals surface area contributed by atoms with Crippen LogP contribution in [0.1, 0.15) is 39.5 Å². The first-order valence-electron chi connectivity index (χ1n) is 5.11. The van der Waals surface area contributed by atoms with Gasteiger partial charge in [0, 0.05) is 12.8 Å². The van der Waals surface area contributed by atoms with Crippen LogP contribution in [0.25, 0.3) is 0 Å². The van der Waals surface area contributed by atoms with Crippen LogP contribution in [-0.4, -0.2) is 17.7 Å². The predicted molar refractivity (Wildman–Crippen MR) is 53.9 cm³/mol. The molecule has 0 bridgehead atoms. The van der Waals surface area contributed by atoms with Crippen LogP contribution < -0.4 is 0 Å². The summed E-state index contributed by atoms with van der Waals surface area (Å²) < 4.78 is 38.5. The lowest BCUT2D eigenvalue weighted by Gasteiger charge is -2.28. The lowest BCUT2D eigenvalue weighted by Crippen LogP contribution is -2.37. The van der Waals surface area contributed by atoms with Gasteiger partial charge in [0.1, 0.15) is 11.6 Å². The number of Topliss-reactive ketones (excluding diaryl/α,β-unsaturated/α-hetero) is 2.